The molecule has 2 aromatic rings. The zero-order valence-corrected chi connectivity index (χ0v) is 22.7. The molecule has 1 saturated heterocycles. The molecule has 9 heteroatoms. The number of aliphatic imine (C=N–C) groups is 1. The van der Waals surface area contributed by atoms with Crippen LogP contribution in [-0.4, -0.2) is 56.9 Å². The van der Waals surface area contributed by atoms with Gasteiger partial charge in [0, 0.05) is 57.4 Å². The Balaban J connectivity index is 0.00000363. The topological polar surface area (TPSA) is 73.8 Å². The lowest BCUT2D eigenvalue weighted by Crippen LogP contribution is -2.58. The van der Waals surface area contributed by atoms with Crippen molar-refractivity contribution in [1.29, 1.82) is 0 Å². The fourth-order valence-corrected chi connectivity index (χ4v) is 4.50. The second-order valence-electron chi connectivity index (χ2n) is 8.23. The van der Waals surface area contributed by atoms with Crippen molar-refractivity contribution in [3.8, 4) is 0 Å². The number of hydrogen-bond donors (Lipinski definition) is 3. The zero-order chi connectivity index (χ0) is 22.1. The van der Waals surface area contributed by atoms with Crippen molar-refractivity contribution in [3.05, 3.63) is 47.0 Å². The van der Waals surface area contributed by atoms with E-state index < -0.39 is 0 Å². The molecule has 3 rings (SSSR count). The molecule has 0 aliphatic carbocycles. The van der Waals surface area contributed by atoms with E-state index in [1.165, 1.54) is 5.56 Å². The number of ether oxygens (including phenoxy) is 1. The monoisotopic (exact) mass is 572 g/mol. The molecule has 0 spiro atoms. The van der Waals surface area contributed by atoms with Crippen molar-refractivity contribution in [1.82, 2.24) is 20.9 Å². The van der Waals surface area contributed by atoms with Crippen LogP contribution >= 0.6 is 35.3 Å². The zero-order valence-electron chi connectivity index (χ0n) is 19.6. The van der Waals surface area contributed by atoms with Crippen molar-refractivity contribution >= 4 is 46.4 Å². The van der Waals surface area contributed by atoms with Crippen LogP contribution in [0, 0.1) is 0 Å². The van der Waals surface area contributed by atoms with Crippen molar-refractivity contribution in [2.24, 2.45) is 4.99 Å². The largest absolute Gasteiger partial charge is 0.381 e. The first-order chi connectivity index (χ1) is 15.0. The average molecular weight is 573 g/mol. The molecule has 3 N–H and O–H groups in total. The summed E-state index contributed by atoms with van der Waals surface area (Å²) < 4.78 is 5.67. The predicted octanol–water partition coefficient (Wildman–Crippen LogP) is 3.78. The second kappa shape index (κ2) is 13.3. The van der Waals surface area contributed by atoms with Gasteiger partial charge in [-0.3, -0.25) is 0 Å². The SMILES string of the molecule is CCNC(=NCc1csc(N(C)C)n1)NCC1(NC(C)c2ccccc2)CCOCC1.I. The molecule has 1 aliphatic heterocycles. The predicted molar refractivity (Wildman–Crippen MR) is 145 cm³/mol. The fourth-order valence-electron chi connectivity index (χ4n) is 3.75. The lowest BCUT2D eigenvalue weighted by atomic mass is 9.88. The van der Waals surface area contributed by atoms with Crippen molar-refractivity contribution < 1.29 is 4.74 Å². The van der Waals surface area contributed by atoms with Gasteiger partial charge in [-0.1, -0.05) is 30.3 Å². The first-order valence-electron chi connectivity index (χ1n) is 11.1. The molecule has 7 nitrogen and oxygen atoms in total. The van der Waals surface area contributed by atoms with Gasteiger partial charge in [-0.05, 0) is 32.3 Å². The number of anilines is 1. The summed E-state index contributed by atoms with van der Waals surface area (Å²) in [4.78, 5) is 11.4. The summed E-state index contributed by atoms with van der Waals surface area (Å²) in [7, 11) is 4.02. The van der Waals surface area contributed by atoms with E-state index in [0.29, 0.717) is 6.54 Å². The van der Waals surface area contributed by atoms with E-state index in [0.717, 1.165) is 55.9 Å². The number of halogens is 1. The van der Waals surface area contributed by atoms with E-state index in [9.17, 15) is 0 Å². The third-order valence-electron chi connectivity index (χ3n) is 5.53. The summed E-state index contributed by atoms with van der Waals surface area (Å²) in [6, 6.07) is 10.9. The highest BCUT2D eigenvalue weighted by molar-refractivity contribution is 14.0. The number of guanidine groups is 1. The average Bonchev–Trinajstić information content (AvgIpc) is 3.26. The van der Waals surface area contributed by atoms with Crippen LogP contribution in [0.1, 0.15) is 44.0 Å². The van der Waals surface area contributed by atoms with Crippen molar-refractivity contribution in [2.45, 2.75) is 44.8 Å². The van der Waals surface area contributed by atoms with Crippen LogP contribution in [0.3, 0.4) is 0 Å². The van der Waals surface area contributed by atoms with Gasteiger partial charge < -0.3 is 25.6 Å². The lowest BCUT2D eigenvalue weighted by molar-refractivity contribution is 0.0355. The number of rotatable bonds is 9. The van der Waals surface area contributed by atoms with E-state index in [2.05, 4.69) is 70.5 Å². The summed E-state index contributed by atoms with van der Waals surface area (Å²) in [5.74, 6) is 0.821. The minimum Gasteiger partial charge on any atom is -0.381 e. The molecule has 0 radical (unpaired) electrons. The Morgan fingerprint density at radius 2 is 1.94 bits per heavy atom. The third kappa shape index (κ3) is 7.86. The number of aromatic nitrogens is 1. The van der Waals surface area contributed by atoms with Gasteiger partial charge in [0.05, 0.1) is 12.2 Å². The summed E-state index contributed by atoms with van der Waals surface area (Å²) in [5, 5.41) is 13.9. The van der Waals surface area contributed by atoms with Gasteiger partial charge in [-0.2, -0.15) is 0 Å². The molecule has 1 atom stereocenters. The van der Waals surface area contributed by atoms with Gasteiger partial charge in [0.2, 0.25) is 0 Å². The quantitative estimate of drug-likeness (QED) is 0.242. The Kier molecular flexibility index (Phi) is 11.2. The Hall–Kier alpha value is -1.43. The first-order valence-corrected chi connectivity index (χ1v) is 11.9. The minimum atomic E-state index is -0.0393. The number of thiazole rings is 1. The van der Waals surface area contributed by atoms with E-state index >= 15 is 0 Å². The molecule has 1 fully saturated rings. The van der Waals surface area contributed by atoms with Crippen LogP contribution < -0.4 is 20.9 Å². The van der Waals surface area contributed by atoms with Gasteiger partial charge in [0.1, 0.15) is 0 Å². The van der Waals surface area contributed by atoms with E-state index in [-0.39, 0.29) is 35.6 Å². The second-order valence-corrected chi connectivity index (χ2v) is 9.07. The molecule has 1 aliphatic rings. The fraction of sp³-hybridized carbons (Fsp3) is 0.565. The van der Waals surface area contributed by atoms with Crippen LogP contribution in [0.4, 0.5) is 5.13 Å². The van der Waals surface area contributed by atoms with Crippen LogP contribution in [0.25, 0.3) is 0 Å². The molecule has 1 unspecified atom stereocenters. The number of hydrogen-bond acceptors (Lipinski definition) is 6. The normalized spacial score (nSPS) is 16.7. The first kappa shape index (κ1) is 26.8. The highest BCUT2D eigenvalue weighted by atomic mass is 127. The number of benzene rings is 1. The molecule has 1 aromatic carbocycles. The maximum absolute atomic E-state index is 5.67. The van der Waals surface area contributed by atoms with E-state index in [4.69, 9.17) is 9.73 Å². The molecule has 2 heterocycles. The maximum Gasteiger partial charge on any atom is 0.191 e. The molecule has 1 aromatic heterocycles. The van der Waals surface area contributed by atoms with Crippen LogP contribution in [0.5, 0.6) is 0 Å². The molecule has 32 heavy (non-hydrogen) atoms. The smallest absolute Gasteiger partial charge is 0.191 e. The third-order valence-corrected chi connectivity index (χ3v) is 6.59. The molecule has 0 bridgehead atoms. The van der Waals surface area contributed by atoms with E-state index in [1.54, 1.807) is 11.3 Å². The lowest BCUT2D eigenvalue weighted by Gasteiger charge is -2.41. The van der Waals surface area contributed by atoms with Gasteiger partial charge >= 0.3 is 0 Å². The molecule has 0 amide bonds. The minimum absolute atomic E-state index is 0. The van der Waals surface area contributed by atoms with Gasteiger partial charge in [-0.25, -0.2) is 9.98 Å². The molecule has 0 saturated carbocycles. The summed E-state index contributed by atoms with van der Waals surface area (Å²) in [6.07, 6.45) is 1.93. The van der Waals surface area contributed by atoms with Crippen molar-refractivity contribution in [3.63, 3.8) is 0 Å². The highest BCUT2D eigenvalue weighted by Crippen LogP contribution is 2.25. The number of nitrogens with zero attached hydrogens (tertiary/aromatic N) is 3. The van der Waals surface area contributed by atoms with E-state index in [1.807, 2.05) is 19.0 Å². The number of nitrogens with one attached hydrogen (secondary N) is 3. The maximum atomic E-state index is 5.67. The van der Waals surface area contributed by atoms with Crippen LogP contribution in [0.15, 0.2) is 40.7 Å². The highest BCUT2D eigenvalue weighted by Gasteiger charge is 2.34. The Morgan fingerprint density at radius 3 is 2.56 bits per heavy atom. The Morgan fingerprint density at radius 1 is 1.22 bits per heavy atom. The summed E-state index contributed by atoms with van der Waals surface area (Å²) in [6.45, 7) is 8.03. The summed E-state index contributed by atoms with van der Waals surface area (Å²) >= 11 is 1.64. The summed E-state index contributed by atoms with van der Waals surface area (Å²) in [5.41, 5.74) is 2.25. The Bertz CT molecular complexity index is 823. The van der Waals surface area contributed by atoms with Gasteiger partial charge in [-0.15, -0.1) is 35.3 Å². The van der Waals surface area contributed by atoms with Gasteiger partial charge in [0.25, 0.3) is 0 Å². The van der Waals surface area contributed by atoms with Gasteiger partial charge in [0.15, 0.2) is 11.1 Å². The van der Waals surface area contributed by atoms with Crippen molar-refractivity contribution in [2.75, 3.05) is 45.3 Å². The molecular formula is C23H37IN6OS. The Labute approximate surface area is 213 Å². The molecular weight excluding hydrogens is 535 g/mol. The van der Waals surface area contributed by atoms with Crippen LogP contribution in [-0.2, 0) is 11.3 Å². The standard InChI is InChI=1S/C23H36N6OS.HI/c1-5-24-21(25-15-20-16-31-22(27-20)29(3)4)26-17-23(11-13-30-14-12-23)28-18(2)19-9-7-6-8-10-19;/h6-10,16,18,28H,5,11-15,17H2,1-4H3,(H2,24,25,26);1H. The van der Waals surface area contributed by atoms with Crippen LogP contribution in [0.2, 0.25) is 0 Å². The molecule has 178 valence electrons.